The lowest BCUT2D eigenvalue weighted by molar-refractivity contribution is -0.379. The van der Waals surface area contributed by atoms with Crippen LogP contribution in [0.3, 0.4) is 0 Å². The van der Waals surface area contributed by atoms with Gasteiger partial charge in [0.15, 0.2) is 18.9 Å². The van der Waals surface area contributed by atoms with Gasteiger partial charge in [0.05, 0.1) is 38.6 Å². The van der Waals surface area contributed by atoms with Gasteiger partial charge in [0.25, 0.3) is 0 Å². The molecule has 670 valence electrons. The quantitative estimate of drug-likeness (QED) is 0.0199. The molecule has 3 rings (SSSR count). The van der Waals surface area contributed by atoms with Crippen LogP contribution in [0.25, 0.3) is 0 Å². The van der Waals surface area contributed by atoms with Crippen molar-refractivity contribution in [3.63, 3.8) is 0 Å². The number of amides is 1. The van der Waals surface area contributed by atoms with E-state index in [-0.39, 0.29) is 18.9 Å². The Labute approximate surface area is 699 Å². The largest absolute Gasteiger partial charge is 0.394 e. The van der Waals surface area contributed by atoms with Crippen LogP contribution in [-0.4, -0.2) is 193 Å². The fourth-order valence-corrected chi connectivity index (χ4v) is 15.8. The van der Waals surface area contributed by atoms with Crippen molar-refractivity contribution in [3.05, 3.63) is 85.1 Å². The van der Waals surface area contributed by atoms with Crippen LogP contribution < -0.4 is 5.32 Å². The molecule has 3 saturated heterocycles. The third kappa shape index (κ3) is 52.8. The van der Waals surface area contributed by atoms with Crippen LogP contribution in [-0.2, 0) is 33.2 Å². The summed E-state index contributed by atoms with van der Waals surface area (Å²) >= 11 is 0. The van der Waals surface area contributed by atoms with Gasteiger partial charge in [-0.1, -0.05) is 394 Å². The number of carbonyl (C=O) groups excluding carboxylic acids is 1. The van der Waals surface area contributed by atoms with Gasteiger partial charge in [0.1, 0.15) is 73.2 Å². The lowest BCUT2D eigenvalue weighted by Crippen LogP contribution is -2.66. The molecule has 0 aromatic carbocycles. The van der Waals surface area contributed by atoms with Crippen molar-refractivity contribution in [1.82, 2.24) is 5.32 Å². The average Bonchev–Trinajstić information content (AvgIpc) is 0.778. The SMILES string of the molecule is CC/C=C\C/C=C\C/C=C\C/C=C\C/C=C\C/C=C\C/C=C\CCCCCCCCCCCCCCCCCCCCCC(=O)NC(COC1OC(CO)C(OC2OC(CO)C(OC3OC(CO)C(O)C(O)C3O)C(O)C2O)C(O)C1O)C(O)CCCCCCCCCCCCCCCCCCCCCCCCCCCCCCC. The standard InChI is InChI=1S/C96H173NO18/c1-3-5-7-9-11-13-15-17-19-21-23-25-27-29-31-33-34-35-36-37-38-39-40-41-42-43-44-46-48-50-52-54-56-58-60-62-64-66-68-70-72-74-84(102)97-79(80(101)73-71-69-67-65-63-61-59-57-55-53-51-49-47-45-32-30-28-26-24-22-20-18-16-14-12-10-8-6-4-2)78-110-94-90(108)87(105)92(82(76-99)112-94)115-96-91(109)88(106)93(83(77-100)113-96)114-95-89(107)86(104)85(103)81(75-98)111-95/h5,7,11,13,17,19,23,25,29,31,34-35,37-38,79-83,85-96,98-101,103-109H,3-4,6,8-10,12,14-16,18,20-22,24,26-28,30,32-33,36,39-78H2,1-2H3,(H,97,102)/b7-5-,13-11-,19-17-,25-23-,31-29-,35-34-,38-37-. The molecule has 17 atom stereocenters. The van der Waals surface area contributed by atoms with E-state index in [0.29, 0.717) is 12.8 Å². The van der Waals surface area contributed by atoms with Gasteiger partial charge in [-0.2, -0.15) is 0 Å². The van der Waals surface area contributed by atoms with E-state index in [4.69, 9.17) is 28.4 Å². The minimum atomic E-state index is -1.98. The van der Waals surface area contributed by atoms with Crippen molar-refractivity contribution in [1.29, 1.82) is 0 Å². The minimum Gasteiger partial charge on any atom is -0.394 e. The topological polar surface area (TPSA) is 307 Å². The second-order valence-corrected chi connectivity index (χ2v) is 33.5. The highest BCUT2D eigenvalue weighted by molar-refractivity contribution is 5.76. The highest BCUT2D eigenvalue weighted by Crippen LogP contribution is 2.34. The molecule has 0 bridgehead atoms. The second kappa shape index (κ2) is 74.8. The number of unbranched alkanes of at least 4 members (excludes halogenated alkanes) is 47. The van der Waals surface area contributed by atoms with Crippen LogP contribution in [0.5, 0.6) is 0 Å². The van der Waals surface area contributed by atoms with Gasteiger partial charge in [0, 0.05) is 6.42 Å². The van der Waals surface area contributed by atoms with Gasteiger partial charge in [0.2, 0.25) is 5.91 Å². The zero-order valence-corrected chi connectivity index (χ0v) is 72.5. The number of allylic oxidation sites excluding steroid dienone is 14. The van der Waals surface area contributed by atoms with Crippen molar-refractivity contribution >= 4 is 5.91 Å². The first-order chi connectivity index (χ1) is 56.3. The van der Waals surface area contributed by atoms with Crippen LogP contribution in [0.15, 0.2) is 85.1 Å². The lowest BCUT2D eigenvalue weighted by atomic mass is 9.96. The highest BCUT2D eigenvalue weighted by atomic mass is 16.8. The molecule has 0 aromatic heterocycles. The van der Waals surface area contributed by atoms with Crippen molar-refractivity contribution in [2.24, 2.45) is 0 Å². The highest BCUT2D eigenvalue weighted by Gasteiger charge is 2.54. The third-order valence-electron chi connectivity index (χ3n) is 23.2. The third-order valence-corrected chi connectivity index (χ3v) is 23.2. The van der Waals surface area contributed by atoms with E-state index >= 15 is 0 Å². The first kappa shape index (κ1) is 106. The summed E-state index contributed by atoms with van der Waals surface area (Å²) in [5.41, 5.74) is 0. The van der Waals surface area contributed by atoms with E-state index in [0.717, 1.165) is 89.9 Å². The molecular formula is C96H173NO18. The van der Waals surface area contributed by atoms with Gasteiger partial charge in [-0.15, -0.1) is 0 Å². The summed E-state index contributed by atoms with van der Waals surface area (Å²) in [6.45, 7) is 1.75. The van der Waals surface area contributed by atoms with Gasteiger partial charge >= 0.3 is 0 Å². The molecule has 3 fully saturated rings. The van der Waals surface area contributed by atoms with Crippen LogP contribution in [0.2, 0.25) is 0 Å². The molecular weight excluding hydrogens is 1460 g/mol. The summed E-state index contributed by atoms with van der Waals surface area (Å²) < 4.78 is 34.6. The van der Waals surface area contributed by atoms with E-state index in [1.807, 2.05) is 0 Å². The Morgan fingerprint density at radius 3 is 0.939 bits per heavy atom. The molecule has 17 unspecified atom stereocenters. The molecule has 0 aliphatic carbocycles. The van der Waals surface area contributed by atoms with Crippen LogP contribution in [0, 0.1) is 0 Å². The Morgan fingerprint density at radius 2 is 0.600 bits per heavy atom. The Bertz CT molecular complexity index is 2400. The molecule has 19 nitrogen and oxygen atoms in total. The number of ether oxygens (including phenoxy) is 6. The predicted molar refractivity (Wildman–Crippen MR) is 466 cm³/mol. The summed E-state index contributed by atoms with van der Waals surface area (Å²) in [7, 11) is 0. The monoisotopic (exact) mass is 1630 g/mol. The van der Waals surface area contributed by atoms with E-state index in [1.165, 1.54) is 263 Å². The fraction of sp³-hybridized carbons (Fsp3) is 0.844. The van der Waals surface area contributed by atoms with Crippen molar-refractivity contribution in [2.45, 2.75) is 491 Å². The number of hydrogen-bond donors (Lipinski definition) is 12. The van der Waals surface area contributed by atoms with E-state index in [9.17, 15) is 61.0 Å². The molecule has 0 radical (unpaired) electrons. The van der Waals surface area contributed by atoms with Gasteiger partial charge in [-0.25, -0.2) is 0 Å². The molecule has 3 heterocycles. The normalized spacial score (nSPS) is 25.0. The van der Waals surface area contributed by atoms with E-state index in [1.54, 1.807) is 0 Å². The zero-order chi connectivity index (χ0) is 83.1. The Morgan fingerprint density at radius 1 is 0.322 bits per heavy atom. The van der Waals surface area contributed by atoms with Crippen molar-refractivity contribution in [2.75, 3.05) is 26.4 Å². The minimum absolute atomic E-state index is 0.237. The van der Waals surface area contributed by atoms with Crippen LogP contribution in [0.4, 0.5) is 0 Å². The molecule has 12 N–H and O–H groups in total. The van der Waals surface area contributed by atoms with Crippen molar-refractivity contribution in [3.8, 4) is 0 Å². The van der Waals surface area contributed by atoms with Crippen LogP contribution in [0.1, 0.15) is 386 Å². The number of hydrogen-bond acceptors (Lipinski definition) is 18. The molecule has 0 saturated carbocycles. The van der Waals surface area contributed by atoms with Gasteiger partial charge in [-0.3, -0.25) is 4.79 Å². The second-order valence-electron chi connectivity index (χ2n) is 33.5. The average molecular weight is 1630 g/mol. The van der Waals surface area contributed by atoms with E-state index < -0.39 is 124 Å². The Kier molecular flexibility index (Phi) is 69.0. The predicted octanol–water partition coefficient (Wildman–Crippen LogP) is 18.9. The Hall–Kier alpha value is -3.03. The summed E-state index contributed by atoms with van der Waals surface area (Å²) in [6.07, 6.45) is 75.5. The maximum Gasteiger partial charge on any atom is 0.220 e. The first-order valence-corrected chi connectivity index (χ1v) is 47.3. The molecule has 0 spiro atoms. The molecule has 3 aliphatic rings. The van der Waals surface area contributed by atoms with Gasteiger partial charge in [-0.05, 0) is 70.6 Å². The fourth-order valence-electron chi connectivity index (χ4n) is 15.8. The summed E-state index contributed by atoms with van der Waals surface area (Å²) in [5, 5.41) is 121. The lowest BCUT2D eigenvalue weighted by Gasteiger charge is -2.48. The maximum atomic E-state index is 13.6. The number of carbonyl (C=O) groups is 1. The summed E-state index contributed by atoms with van der Waals surface area (Å²) in [6, 6.07) is -0.892. The number of nitrogens with one attached hydrogen (secondary N) is 1. The first-order valence-electron chi connectivity index (χ1n) is 47.3. The Balaban J connectivity index is 1.29. The van der Waals surface area contributed by atoms with E-state index in [2.05, 4.69) is 104 Å². The zero-order valence-electron chi connectivity index (χ0n) is 72.5. The molecule has 1 amide bonds. The number of rotatable bonds is 77. The van der Waals surface area contributed by atoms with Crippen LogP contribution >= 0.6 is 0 Å². The molecule has 3 aliphatic heterocycles. The molecule has 0 aromatic rings. The maximum absolute atomic E-state index is 13.6. The van der Waals surface area contributed by atoms with Gasteiger partial charge < -0.3 is 89.9 Å². The summed E-state index contributed by atoms with van der Waals surface area (Å²) in [5.74, 6) is -0.237. The molecule has 115 heavy (non-hydrogen) atoms. The van der Waals surface area contributed by atoms with Crippen molar-refractivity contribution < 1.29 is 89.4 Å². The molecule has 19 heteroatoms. The number of aliphatic hydroxyl groups is 11. The number of aliphatic hydroxyl groups excluding tert-OH is 11. The summed E-state index contributed by atoms with van der Waals surface area (Å²) in [4.78, 5) is 13.6. The smallest absolute Gasteiger partial charge is 0.220 e.